The van der Waals surface area contributed by atoms with Gasteiger partial charge < -0.3 is 10.6 Å². The number of aryl methyl sites for hydroxylation is 3. The lowest BCUT2D eigenvalue weighted by molar-refractivity contribution is 0.249. The van der Waals surface area contributed by atoms with Crippen molar-refractivity contribution in [1.29, 1.82) is 0 Å². The molecule has 0 aliphatic carbocycles. The molecule has 0 spiro atoms. The molecule has 0 saturated carbocycles. The highest BCUT2D eigenvalue weighted by Crippen LogP contribution is 2.23. The molecule has 0 amide bonds. The maximum atomic E-state index is 6.55. The largest absolute Gasteiger partial charge is 0.323 e. The van der Waals surface area contributed by atoms with Gasteiger partial charge in [-0.3, -0.25) is 0 Å². The molecular formula is C19H34N2. The van der Waals surface area contributed by atoms with Crippen LogP contribution in [0.25, 0.3) is 0 Å². The highest BCUT2D eigenvalue weighted by molar-refractivity contribution is 5.39. The summed E-state index contributed by atoms with van der Waals surface area (Å²) in [5, 5.41) is 0. The molecular weight excluding hydrogens is 256 g/mol. The molecule has 0 aliphatic heterocycles. The molecule has 1 atom stereocenters. The molecule has 0 aliphatic rings. The van der Waals surface area contributed by atoms with Gasteiger partial charge in [0.2, 0.25) is 0 Å². The van der Waals surface area contributed by atoms with Crippen molar-refractivity contribution in [1.82, 2.24) is 4.90 Å². The van der Waals surface area contributed by atoms with Gasteiger partial charge >= 0.3 is 0 Å². The Bertz CT molecular complexity index is 395. The molecule has 1 rings (SSSR count). The van der Waals surface area contributed by atoms with Crippen molar-refractivity contribution in [3.63, 3.8) is 0 Å². The third kappa shape index (κ3) is 5.80. The number of nitrogens with two attached hydrogens (primary N) is 1. The molecule has 0 bridgehead atoms. The number of unbranched alkanes of at least 4 members (excludes halogenated alkanes) is 2. The maximum Gasteiger partial charge on any atom is 0.0429 e. The van der Waals surface area contributed by atoms with Crippen molar-refractivity contribution in [2.45, 2.75) is 66.3 Å². The van der Waals surface area contributed by atoms with E-state index in [1.807, 2.05) is 0 Å². The topological polar surface area (TPSA) is 29.3 Å². The zero-order chi connectivity index (χ0) is 15.8. The minimum Gasteiger partial charge on any atom is -0.323 e. The van der Waals surface area contributed by atoms with Crippen molar-refractivity contribution >= 4 is 0 Å². The Morgan fingerprint density at radius 2 is 1.43 bits per heavy atom. The SMILES string of the molecule is CCCCN(CCCC)CC(N)c1c(C)cc(C)cc1C. The van der Waals surface area contributed by atoms with Crippen LogP contribution in [0.3, 0.4) is 0 Å². The molecule has 0 radical (unpaired) electrons. The minimum atomic E-state index is 0.124. The predicted molar refractivity (Wildman–Crippen MR) is 93.8 cm³/mol. The lowest BCUT2D eigenvalue weighted by Gasteiger charge is -2.27. The molecule has 0 heterocycles. The Balaban J connectivity index is 2.78. The van der Waals surface area contributed by atoms with Gasteiger partial charge in [-0.2, -0.15) is 0 Å². The highest BCUT2D eigenvalue weighted by Gasteiger charge is 2.16. The van der Waals surface area contributed by atoms with E-state index in [9.17, 15) is 0 Å². The zero-order valence-electron chi connectivity index (χ0n) is 14.7. The summed E-state index contributed by atoms with van der Waals surface area (Å²) in [4.78, 5) is 2.55. The van der Waals surface area contributed by atoms with Crippen LogP contribution < -0.4 is 5.73 Å². The van der Waals surface area contributed by atoms with E-state index in [1.54, 1.807) is 0 Å². The predicted octanol–water partition coefficient (Wildman–Crippen LogP) is 4.51. The minimum absolute atomic E-state index is 0.124. The molecule has 2 heteroatoms. The van der Waals surface area contributed by atoms with E-state index in [-0.39, 0.29) is 6.04 Å². The Morgan fingerprint density at radius 3 is 1.86 bits per heavy atom. The van der Waals surface area contributed by atoms with Gasteiger partial charge in [-0.25, -0.2) is 0 Å². The molecule has 0 fully saturated rings. The highest BCUT2D eigenvalue weighted by atomic mass is 15.1. The fraction of sp³-hybridized carbons (Fsp3) is 0.684. The number of rotatable bonds is 9. The lowest BCUT2D eigenvalue weighted by Crippen LogP contribution is -2.34. The Kier molecular flexibility index (Phi) is 7.98. The summed E-state index contributed by atoms with van der Waals surface area (Å²) in [5.74, 6) is 0. The van der Waals surface area contributed by atoms with Crippen LogP contribution in [0, 0.1) is 20.8 Å². The molecule has 0 aromatic heterocycles. The van der Waals surface area contributed by atoms with Crippen LogP contribution in [0.4, 0.5) is 0 Å². The van der Waals surface area contributed by atoms with Gasteiger partial charge in [0.25, 0.3) is 0 Å². The van der Waals surface area contributed by atoms with Crippen molar-refractivity contribution < 1.29 is 0 Å². The zero-order valence-corrected chi connectivity index (χ0v) is 14.7. The normalized spacial score (nSPS) is 12.9. The van der Waals surface area contributed by atoms with Gasteiger partial charge in [-0.05, 0) is 63.4 Å². The molecule has 2 nitrogen and oxygen atoms in total. The molecule has 1 aromatic carbocycles. The van der Waals surface area contributed by atoms with Crippen LogP contribution in [-0.4, -0.2) is 24.5 Å². The number of benzene rings is 1. The van der Waals surface area contributed by atoms with Crippen LogP contribution >= 0.6 is 0 Å². The van der Waals surface area contributed by atoms with Gasteiger partial charge in [0.05, 0.1) is 0 Å². The maximum absolute atomic E-state index is 6.55. The first-order valence-corrected chi connectivity index (χ1v) is 8.55. The van der Waals surface area contributed by atoms with Crippen LogP contribution in [0.1, 0.15) is 67.8 Å². The summed E-state index contributed by atoms with van der Waals surface area (Å²) in [7, 11) is 0. The first-order chi connectivity index (χ1) is 9.99. The average molecular weight is 290 g/mol. The van der Waals surface area contributed by atoms with E-state index in [2.05, 4.69) is 51.7 Å². The molecule has 0 saturated heterocycles. The van der Waals surface area contributed by atoms with E-state index in [0.717, 1.165) is 6.54 Å². The van der Waals surface area contributed by atoms with E-state index in [0.29, 0.717) is 0 Å². The van der Waals surface area contributed by atoms with E-state index in [1.165, 1.54) is 61.0 Å². The summed E-state index contributed by atoms with van der Waals surface area (Å²) in [5.41, 5.74) is 11.9. The second-order valence-corrected chi connectivity index (χ2v) is 6.43. The molecule has 21 heavy (non-hydrogen) atoms. The van der Waals surface area contributed by atoms with Crippen LogP contribution in [-0.2, 0) is 0 Å². The van der Waals surface area contributed by atoms with Gasteiger partial charge in [-0.1, -0.05) is 44.4 Å². The standard InChI is InChI=1S/C19H34N2/c1-6-8-10-21(11-9-7-2)14-18(20)19-16(4)12-15(3)13-17(19)5/h12-13,18H,6-11,14,20H2,1-5H3. The summed E-state index contributed by atoms with van der Waals surface area (Å²) in [6.07, 6.45) is 5.03. The van der Waals surface area contributed by atoms with Crippen molar-refractivity contribution in [3.05, 3.63) is 34.4 Å². The van der Waals surface area contributed by atoms with Gasteiger partial charge in [0.1, 0.15) is 0 Å². The van der Waals surface area contributed by atoms with E-state index in [4.69, 9.17) is 5.73 Å². The Labute approximate surface area is 131 Å². The van der Waals surface area contributed by atoms with Crippen LogP contribution in [0.15, 0.2) is 12.1 Å². The molecule has 1 aromatic rings. The first kappa shape index (κ1) is 18.2. The first-order valence-electron chi connectivity index (χ1n) is 8.55. The second-order valence-electron chi connectivity index (χ2n) is 6.43. The molecule has 2 N–H and O–H groups in total. The fourth-order valence-electron chi connectivity index (χ4n) is 3.20. The second kappa shape index (κ2) is 9.22. The smallest absolute Gasteiger partial charge is 0.0429 e. The third-order valence-electron chi connectivity index (χ3n) is 4.22. The Morgan fingerprint density at radius 1 is 0.952 bits per heavy atom. The van der Waals surface area contributed by atoms with E-state index < -0.39 is 0 Å². The number of hydrogen-bond donors (Lipinski definition) is 1. The van der Waals surface area contributed by atoms with Crippen molar-refractivity contribution in [3.8, 4) is 0 Å². The lowest BCUT2D eigenvalue weighted by atomic mass is 9.94. The summed E-state index contributed by atoms with van der Waals surface area (Å²) >= 11 is 0. The third-order valence-corrected chi connectivity index (χ3v) is 4.22. The quantitative estimate of drug-likeness (QED) is 0.725. The van der Waals surface area contributed by atoms with E-state index >= 15 is 0 Å². The fourth-order valence-corrected chi connectivity index (χ4v) is 3.20. The molecule has 1 unspecified atom stereocenters. The summed E-state index contributed by atoms with van der Waals surface area (Å²) in [6, 6.07) is 4.63. The van der Waals surface area contributed by atoms with Gasteiger partial charge in [-0.15, -0.1) is 0 Å². The van der Waals surface area contributed by atoms with Gasteiger partial charge in [0.15, 0.2) is 0 Å². The van der Waals surface area contributed by atoms with Crippen LogP contribution in [0.2, 0.25) is 0 Å². The Hall–Kier alpha value is -0.860. The number of hydrogen-bond acceptors (Lipinski definition) is 2. The summed E-state index contributed by atoms with van der Waals surface area (Å²) < 4.78 is 0. The monoisotopic (exact) mass is 290 g/mol. The number of nitrogens with zero attached hydrogens (tertiary/aromatic N) is 1. The van der Waals surface area contributed by atoms with Crippen molar-refractivity contribution in [2.24, 2.45) is 5.73 Å². The van der Waals surface area contributed by atoms with Crippen molar-refractivity contribution in [2.75, 3.05) is 19.6 Å². The average Bonchev–Trinajstić information content (AvgIpc) is 2.40. The van der Waals surface area contributed by atoms with Crippen LogP contribution in [0.5, 0.6) is 0 Å². The molecule has 120 valence electrons. The summed E-state index contributed by atoms with van der Waals surface area (Å²) in [6.45, 7) is 14.4. The van der Waals surface area contributed by atoms with Gasteiger partial charge in [0, 0.05) is 12.6 Å².